The van der Waals surface area contributed by atoms with Crippen molar-refractivity contribution in [2.24, 2.45) is 0 Å². The van der Waals surface area contributed by atoms with Crippen LogP contribution in [0.2, 0.25) is 0 Å². The monoisotopic (exact) mass is 403 g/mol. The molecule has 4 nitrogen and oxygen atoms in total. The van der Waals surface area contributed by atoms with Crippen LogP contribution in [-0.2, 0) is 0 Å². The third kappa shape index (κ3) is 3.33. The highest BCUT2D eigenvalue weighted by Gasteiger charge is 2.39. The van der Waals surface area contributed by atoms with E-state index in [1.807, 2.05) is 31.2 Å². The van der Waals surface area contributed by atoms with E-state index < -0.39 is 11.8 Å². The van der Waals surface area contributed by atoms with Crippen molar-refractivity contribution < 1.29 is 13.6 Å². The number of rotatable bonds is 3. The molecule has 1 heterocycles. The summed E-state index contributed by atoms with van der Waals surface area (Å²) in [4.78, 5) is 18.0. The Balaban J connectivity index is 1.86. The molecule has 0 aliphatic carbocycles. The zero-order valence-corrected chi connectivity index (χ0v) is 16.3. The summed E-state index contributed by atoms with van der Waals surface area (Å²) in [6.45, 7) is 10.1. The van der Waals surface area contributed by atoms with Crippen LogP contribution in [0.15, 0.2) is 97.6 Å². The van der Waals surface area contributed by atoms with Gasteiger partial charge in [-0.3, -0.25) is 4.90 Å². The minimum Gasteiger partial charge on any atom is -0.282 e. The molecule has 0 saturated carbocycles. The van der Waals surface area contributed by atoms with E-state index >= 15 is 0 Å². The predicted molar refractivity (Wildman–Crippen MR) is 115 cm³/mol. The standard InChI is InChI=1S/C24H19F2N3O/c1-16-4-10-22(11-5-16)28-17(2)27(21-12-6-19(25)7-13-21)18(3)29(24(28)30)23-14-8-20(26)9-15-23/h4-15H,2-3H2,1H3. The quantitative estimate of drug-likeness (QED) is 0.523. The molecule has 1 aliphatic rings. The van der Waals surface area contributed by atoms with Gasteiger partial charge < -0.3 is 0 Å². The Labute approximate surface area is 173 Å². The summed E-state index contributed by atoms with van der Waals surface area (Å²) in [5.74, 6) is -0.150. The van der Waals surface area contributed by atoms with Gasteiger partial charge in [0.2, 0.25) is 0 Å². The van der Waals surface area contributed by atoms with E-state index in [-0.39, 0.29) is 5.82 Å². The molecule has 0 N–H and O–H groups in total. The summed E-state index contributed by atoms with van der Waals surface area (Å²) in [7, 11) is 0. The molecule has 0 bridgehead atoms. The molecule has 1 saturated heterocycles. The molecule has 2 amide bonds. The third-order valence-electron chi connectivity index (χ3n) is 4.88. The van der Waals surface area contributed by atoms with Gasteiger partial charge in [0, 0.05) is 5.69 Å². The van der Waals surface area contributed by atoms with Gasteiger partial charge in [-0.25, -0.2) is 23.4 Å². The van der Waals surface area contributed by atoms with Gasteiger partial charge in [0.05, 0.1) is 11.4 Å². The molecule has 3 aromatic carbocycles. The highest BCUT2D eigenvalue weighted by Crippen LogP contribution is 2.37. The minimum absolute atomic E-state index is 0.298. The van der Waals surface area contributed by atoms with Crippen molar-refractivity contribution in [3.63, 3.8) is 0 Å². The molecule has 1 aliphatic heterocycles. The predicted octanol–water partition coefficient (Wildman–Crippen LogP) is 6.17. The first-order chi connectivity index (χ1) is 14.4. The number of hydrogen-bond donors (Lipinski definition) is 0. The molecule has 30 heavy (non-hydrogen) atoms. The van der Waals surface area contributed by atoms with E-state index in [1.165, 1.54) is 46.2 Å². The minimum atomic E-state index is -0.413. The first-order valence-corrected chi connectivity index (χ1v) is 9.27. The summed E-state index contributed by atoms with van der Waals surface area (Å²) in [6.07, 6.45) is 0. The zero-order valence-electron chi connectivity index (χ0n) is 16.3. The second kappa shape index (κ2) is 7.48. The van der Waals surface area contributed by atoms with Crippen LogP contribution in [0.1, 0.15) is 5.56 Å². The van der Waals surface area contributed by atoms with Gasteiger partial charge in [-0.2, -0.15) is 0 Å². The Bertz CT molecular complexity index is 958. The lowest BCUT2D eigenvalue weighted by molar-refractivity contribution is 0.253. The molecular weight excluding hydrogens is 384 g/mol. The van der Waals surface area contributed by atoms with E-state index in [1.54, 1.807) is 17.0 Å². The molecule has 0 unspecified atom stereocenters. The Morgan fingerprint density at radius 2 is 0.933 bits per heavy atom. The number of aryl methyl sites for hydroxylation is 1. The van der Waals surface area contributed by atoms with Crippen molar-refractivity contribution in [2.45, 2.75) is 6.92 Å². The molecule has 0 atom stereocenters. The average molecular weight is 403 g/mol. The molecule has 0 radical (unpaired) electrons. The largest absolute Gasteiger partial charge is 0.340 e. The lowest BCUT2D eigenvalue weighted by atomic mass is 10.2. The van der Waals surface area contributed by atoms with Gasteiger partial charge in [0.25, 0.3) is 0 Å². The smallest absolute Gasteiger partial charge is 0.282 e. The van der Waals surface area contributed by atoms with Crippen LogP contribution in [-0.4, -0.2) is 6.03 Å². The second-order valence-electron chi connectivity index (χ2n) is 6.91. The van der Waals surface area contributed by atoms with Crippen LogP contribution in [0.4, 0.5) is 30.6 Å². The molecule has 1 fully saturated rings. The van der Waals surface area contributed by atoms with Gasteiger partial charge in [0.1, 0.15) is 23.3 Å². The number of hydrogen-bond acceptors (Lipinski definition) is 2. The van der Waals surface area contributed by atoms with Crippen LogP contribution in [0, 0.1) is 18.6 Å². The lowest BCUT2D eigenvalue weighted by Crippen LogP contribution is -2.55. The van der Waals surface area contributed by atoms with Crippen LogP contribution in [0.3, 0.4) is 0 Å². The number of amides is 2. The van der Waals surface area contributed by atoms with Crippen LogP contribution >= 0.6 is 0 Å². The summed E-state index contributed by atoms with van der Waals surface area (Å²) in [5.41, 5.74) is 2.69. The summed E-state index contributed by atoms with van der Waals surface area (Å²) >= 11 is 0. The van der Waals surface area contributed by atoms with Crippen LogP contribution < -0.4 is 14.7 Å². The highest BCUT2D eigenvalue weighted by atomic mass is 19.1. The number of carbonyl (C=O) groups is 1. The first-order valence-electron chi connectivity index (χ1n) is 9.27. The number of nitrogens with zero attached hydrogens (tertiary/aromatic N) is 3. The molecular formula is C24H19F2N3O. The highest BCUT2D eigenvalue weighted by molar-refractivity contribution is 6.11. The van der Waals surface area contributed by atoms with E-state index in [4.69, 9.17) is 0 Å². The fourth-order valence-corrected chi connectivity index (χ4v) is 3.36. The molecule has 3 aromatic rings. The van der Waals surface area contributed by atoms with Crippen molar-refractivity contribution >= 4 is 23.1 Å². The molecule has 0 spiro atoms. The topological polar surface area (TPSA) is 26.8 Å². The van der Waals surface area contributed by atoms with Gasteiger partial charge in [-0.15, -0.1) is 0 Å². The maximum atomic E-state index is 13.5. The van der Waals surface area contributed by atoms with E-state index in [0.717, 1.165) is 5.56 Å². The van der Waals surface area contributed by atoms with E-state index in [9.17, 15) is 13.6 Å². The summed E-state index contributed by atoms with van der Waals surface area (Å²) in [6, 6.07) is 18.4. The Morgan fingerprint density at radius 3 is 1.33 bits per heavy atom. The van der Waals surface area contributed by atoms with Crippen LogP contribution in [0.25, 0.3) is 0 Å². The number of urea groups is 1. The van der Waals surface area contributed by atoms with Gasteiger partial charge in [-0.1, -0.05) is 30.9 Å². The third-order valence-corrected chi connectivity index (χ3v) is 4.88. The maximum Gasteiger partial charge on any atom is 0.340 e. The molecule has 0 aromatic heterocycles. The maximum absolute atomic E-state index is 13.5. The van der Waals surface area contributed by atoms with Gasteiger partial charge >= 0.3 is 6.03 Å². The average Bonchev–Trinajstić information content (AvgIpc) is 2.72. The summed E-state index contributed by atoms with van der Waals surface area (Å²) < 4.78 is 27.0. The van der Waals surface area contributed by atoms with Crippen molar-refractivity contribution in [1.29, 1.82) is 0 Å². The van der Waals surface area contributed by atoms with Gasteiger partial charge in [-0.05, 0) is 67.6 Å². The van der Waals surface area contributed by atoms with Gasteiger partial charge in [0.15, 0.2) is 0 Å². The fraction of sp³-hybridized carbons (Fsp3) is 0.0417. The summed E-state index contributed by atoms with van der Waals surface area (Å²) in [5, 5.41) is 0. The van der Waals surface area contributed by atoms with Crippen LogP contribution in [0.5, 0.6) is 0 Å². The zero-order chi connectivity index (χ0) is 21.4. The van der Waals surface area contributed by atoms with Crippen molar-refractivity contribution in [3.05, 3.63) is 115 Å². The molecule has 6 heteroatoms. The van der Waals surface area contributed by atoms with Crippen molar-refractivity contribution in [1.82, 2.24) is 0 Å². The number of anilines is 3. The Morgan fingerprint density at radius 1 is 0.600 bits per heavy atom. The SMILES string of the molecule is C=C1N(c2ccc(F)cc2)C(=C)N(c2ccc(F)cc2)C(=O)N1c1ccc(C)cc1. The number of carbonyl (C=O) groups excluding carboxylic acids is 1. The van der Waals surface area contributed by atoms with Crippen molar-refractivity contribution in [2.75, 3.05) is 14.7 Å². The second-order valence-corrected chi connectivity index (χ2v) is 6.91. The normalized spacial score (nSPS) is 14.5. The first kappa shape index (κ1) is 19.4. The Hall–Kier alpha value is -3.93. The fourth-order valence-electron chi connectivity index (χ4n) is 3.36. The number of benzene rings is 3. The Kier molecular flexibility index (Phi) is 4.83. The number of halogens is 2. The molecule has 150 valence electrons. The molecule has 4 rings (SSSR count). The lowest BCUT2D eigenvalue weighted by Gasteiger charge is -2.45. The van der Waals surface area contributed by atoms with Crippen molar-refractivity contribution in [3.8, 4) is 0 Å². The van der Waals surface area contributed by atoms with E-state index in [0.29, 0.717) is 28.7 Å². The van der Waals surface area contributed by atoms with E-state index in [2.05, 4.69) is 13.2 Å².